The quantitative estimate of drug-likeness (QED) is 0.186. The van der Waals surface area contributed by atoms with Crippen molar-refractivity contribution in [2.24, 2.45) is 4.99 Å². The van der Waals surface area contributed by atoms with Crippen LogP contribution in [0.15, 0.2) is 47.5 Å². The summed E-state index contributed by atoms with van der Waals surface area (Å²) in [5.41, 5.74) is 0. The number of guanidine groups is 1. The van der Waals surface area contributed by atoms with Gasteiger partial charge in [-0.3, -0.25) is 4.79 Å². The van der Waals surface area contributed by atoms with Crippen molar-refractivity contribution in [1.29, 1.82) is 0 Å². The molecule has 7 nitrogen and oxygen atoms in total. The minimum atomic E-state index is -0.131. The minimum Gasteiger partial charge on any atom is -0.494 e. The van der Waals surface area contributed by atoms with Gasteiger partial charge in [-0.25, -0.2) is 4.99 Å². The number of amides is 1. The molecule has 1 amide bonds. The molecule has 29 heavy (non-hydrogen) atoms. The molecule has 0 aliphatic rings. The van der Waals surface area contributed by atoms with E-state index >= 15 is 0 Å². The van der Waals surface area contributed by atoms with Crippen molar-refractivity contribution >= 4 is 46.6 Å². The van der Waals surface area contributed by atoms with Crippen molar-refractivity contribution < 1.29 is 14.3 Å². The number of hydrogen-bond acceptors (Lipinski definition) is 4. The van der Waals surface area contributed by atoms with E-state index in [0.29, 0.717) is 32.3 Å². The van der Waals surface area contributed by atoms with E-state index in [1.807, 2.05) is 25.1 Å². The van der Waals surface area contributed by atoms with Crippen LogP contribution in [0.2, 0.25) is 0 Å². The molecule has 0 radical (unpaired) electrons. The van der Waals surface area contributed by atoms with E-state index in [2.05, 4.69) is 45.2 Å². The maximum atomic E-state index is 11.7. The molecule has 3 N–H and O–H groups in total. The summed E-state index contributed by atoms with van der Waals surface area (Å²) in [6, 6.07) is 14.3. The van der Waals surface area contributed by atoms with Gasteiger partial charge in [-0.1, -0.05) is 30.3 Å². The number of nitrogens with one attached hydrogen (secondary N) is 3. The fourth-order valence-electron chi connectivity index (χ4n) is 2.57. The number of nitrogens with zero attached hydrogens (tertiary/aromatic N) is 1. The van der Waals surface area contributed by atoms with Crippen molar-refractivity contribution in [3.05, 3.63) is 42.5 Å². The topological polar surface area (TPSA) is 84.0 Å². The zero-order valence-corrected chi connectivity index (χ0v) is 19.4. The number of rotatable bonds is 11. The molecule has 0 spiro atoms. The lowest BCUT2D eigenvalue weighted by atomic mass is 10.1. The highest BCUT2D eigenvalue weighted by Crippen LogP contribution is 2.20. The SMILES string of the molecule is CCNC(=NCC(=O)NCCOC)NCCCOc1ccc2ccccc2c1.I. The first-order valence-electron chi connectivity index (χ1n) is 9.62. The monoisotopic (exact) mass is 514 g/mol. The van der Waals surface area contributed by atoms with E-state index in [1.165, 1.54) is 10.8 Å². The molecule has 160 valence electrons. The normalized spacial score (nSPS) is 10.9. The zero-order chi connectivity index (χ0) is 20.0. The molecular weight excluding hydrogens is 483 g/mol. The van der Waals surface area contributed by atoms with Gasteiger partial charge in [-0.2, -0.15) is 0 Å². The lowest BCUT2D eigenvalue weighted by Crippen LogP contribution is -2.39. The molecule has 2 aromatic carbocycles. The first-order valence-corrected chi connectivity index (χ1v) is 9.62. The highest BCUT2D eigenvalue weighted by Gasteiger charge is 2.02. The molecule has 0 aliphatic heterocycles. The van der Waals surface area contributed by atoms with E-state index in [1.54, 1.807) is 7.11 Å². The van der Waals surface area contributed by atoms with Crippen molar-refractivity contribution in [2.75, 3.05) is 46.5 Å². The molecule has 0 heterocycles. The summed E-state index contributed by atoms with van der Waals surface area (Å²) in [5.74, 6) is 1.36. The summed E-state index contributed by atoms with van der Waals surface area (Å²) in [7, 11) is 1.60. The molecule has 2 aromatic rings. The third-order valence-electron chi connectivity index (χ3n) is 3.96. The third kappa shape index (κ3) is 9.80. The summed E-state index contributed by atoms with van der Waals surface area (Å²) < 4.78 is 10.7. The molecule has 0 unspecified atom stereocenters. The number of ether oxygens (including phenoxy) is 2. The largest absolute Gasteiger partial charge is 0.494 e. The minimum absolute atomic E-state index is 0. The molecular formula is C21H31IN4O3. The number of hydrogen-bond donors (Lipinski definition) is 3. The second-order valence-corrected chi connectivity index (χ2v) is 6.18. The molecule has 0 bridgehead atoms. The summed E-state index contributed by atoms with van der Waals surface area (Å²) >= 11 is 0. The Morgan fingerprint density at radius 2 is 1.79 bits per heavy atom. The summed E-state index contributed by atoms with van der Waals surface area (Å²) in [6.45, 7) is 5.06. The zero-order valence-electron chi connectivity index (χ0n) is 17.1. The van der Waals surface area contributed by atoms with Gasteiger partial charge < -0.3 is 25.4 Å². The van der Waals surface area contributed by atoms with Crippen LogP contribution >= 0.6 is 24.0 Å². The van der Waals surface area contributed by atoms with Crippen molar-refractivity contribution in [1.82, 2.24) is 16.0 Å². The molecule has 0 saturated heterocycles. The Bertz CT molecular complexity index is 770. The van der Waals surface area contributed by atoms with Crippen LogP contribution in [-0.2, 0) is 9.53 Å². The highest BCUT2D eigenvalue weighted by atomic mass is 127. The lowest BCUT2D eigenvalue weighted by Gasteiger charge is -2.12. The smallest absolute Gasteiger partial charge is 0.241 e. The van der Waals surface area contributed by atoms with Crippen LogP contribution in [0.1, 0.15) is 13.3 Å². The van der Waals surface area contributed by atoms with Crippen LogP contribution in [0.25, 0.3) is 10.8 Å². The van der Waals surface area contributed by atoms with Gasteiger partial charge >= 0.3 is 0 Å². The third-order valence-corrected chi connectivity index (χ3v) is 3.96. The molecule has 0 atom stereocenters. The Kier molecular flexibility index (Phi) is 12.8. The highest BCUT2D eigenvalue weighted by molar-refractivity contribution is 14.0. The number of benzene rings is 2. The van der Waals surface area contributed by atoms with Crippen molar-refractivity contribution in [2.45, 2.75) is 13.3 Å². The predicted molar refractivity (Wildman–Crippen MR) is 128 cm³/mol. The van der Waals surface area contributed by atoms with E-state index in [0.717, 1.165) is 18.7 Å². The van der Waals surface area contributed by atoms with E-state index in [4.69, 9.17) is 9.47 Å². The second-order valence-electron chi connectivity index (χ2n) is 6.18. The van der Waals surface area contributed by atoms with E-state index in [-0.39, 0.29) is 36.4 Å². The number of halogens is 1. The van der Waals surface area contributed by atoms with Crippen LogP contribution in [0.4, 0.5) is 0 Å². The van der Waals surface area contributed by atoms with Gasteiger partial charge in [0.2, 0.25) is 5.91 Å². The Morgan fingerprint density at radius 3 is 2.55 bits per heavy atom. The molecule has 2 rings (SSSR count). The summed E-state index contributed by atoms with van der Waals surface area (Å²) in [5, 5.41) is 11.5. The first-order chi connectivity index (χ1) is 13.7. The molecule has 0 aromatic heterocycles. The maximum Gasteiger partial charge on any atom is 0.241 e. The van der Waals surface area contributed by atoms with Crippen molar-refractivity contribution in [3.63, 3.8) is 0 Å². The average Bonchev–Trinajstić information content (AvgIpc) is 2.71. The molecule has 0 saturated carbocycles. The summed E-state index contributed by atoms with van der Waals surface area (Å²) in [4.78, 5) is 16.0. The van der Waals surface area contributed by atoms with Gasteiger partial charge in [0, 0.05) is 26.7 Å². The lowest BCUT2D eigenvalue weighted by molar-refractivity contribution is -0.119. The fraction of sp³-hybridized carbons (Fsp3) is 0.429. The van der Waals surface area contributed by atoms with Gasteiger partial charge in [0.15, 0.2) is 5.96 Å². The van der Waals surface area contributed by atoms with Crippen LogP contribution in [-0.4, -0.2) is 58.4 Å². The Morgan fingerprint density at radius 1 is 1.00 bits per heavy atom. The van der Waals surface area contributed by atoms with Gasteiger partial charge in [0.1, 0.15) is 12.3 Å². The first kappa shape index (κ1) is 25.0. The standard InChI is InChI=1S/C21H30N4O3.HI/c1-3-22-21(25-16-20(26)23-12-14-27-2)24-11-6-13-28-19-10-9-17-7-4-5-8-18(17)15-19;/h4-5,7-10,15H,3,6,11-14,16H2,1-2H3,(H,23,26)(H2,22,24,25);1H. The summed E-state index contributed by atoms with van der Waals surface area (Å²) in [6.07, 6.45) is 0.817. The van der Waals surface area contributed by atoms with Crippen LogP contribution < -0.4 is 20.7 Å². The number of methoxy groups -OCH3 is 1. The molecule has 0 fully saturated rings. The maximum absolute atomic E-state index is 11.7. The van der Waals surface area contributed by atoms with Gasteiger partial charge in [-0.15, -0.1) is 24.0 Å². The van der Waals surface area contributed by atoms with Crippen LogP contribution in [0.5, 0.6) is 5.75 Å². The Balaban J connectivity index is 0.00000420. The molecule has 8 heteroatoms. The fourth-order valence-corrected chi connectivity index (χ4v) is 2.57. The number of aliphatic imine (C=N–C) groups is 1. The number of fused-ring (bicyclic) bond motifs is 1. The van der Waals surface area contributed by atoms with Crippen LogP contribution in [0, 0.1) is 0 Å². The molecule has 0 aliphatic carbocycles. The Labute approximate surface area is 189 Å². The van der Waals surface area contributed by atoms with Gasteiger partial charge in [0.25, 0.3) is 0 Å². The second kappa shape index (κ2) is 14.9. The van der Waals surface area contributed by atoms with Gasteiger partial charge in [0.05, 0.1) is 13.2 Å². The van der Waals surface area contributed by atoms with E-state index in [9.17, 15) is 4.79 Å². The Hall–Kier alpha value is -2.07. The van der Waals surface area contributed by atoms with Crippen LogP contribution in [0.3, 0.4) is 0 Å². The van der Waals surface area contributed by atoms with Gasteiger partial charge in [-0.05, 0) is 36.2 Å². The van der Waals surface area contributed by atoms with Crippen molar-refractivity contribution in [3.8, 4) is 5.75 Å². The van der Waals surface area contributed by atoms with E-state index < -0.39 is 0 Å². The number of carbonyl (C=O) groups is 1. The number of carbonyl (C=O) groups excluding carboxylic acids is 1. The average molecular weight is 514 g/mol. The predicted octanol–water partition coefficient (Wildman–Crippen LogP) is 2.54.